The number of amides is 3. The number of carbonyl (C=O) groups is 4. The van der Waals surface area contributed by atoms with Gasteiger partial charge in [-0.15, -0.1) is 0 Å². The number of phenols is 1. The maximum atomic E-state index is 13.6. The van der Waals surface area contributed by atoms with Crippen molar-refractivity contribution in [2.24, 2.45) is 0 Å². The van der Waals surface area contributed by atoms with Crippen molar-refractivity contribution in [3.05, 3.63) is 29.8 Å². The van der Waals surface area contributed by atoms with Gasteiger partial charge in [-0.3, -0.25) is 14.4 Å². The first kappa shape index (κ1) is 26.9. The minimum atomic E-state index is -1.36. The number of rotatable bonds is 9. The van der Waals surface area contributed by atoms with E-state index in [-0.39, 0.29) is 11.8 Å². The van der Waals surface area contributed by atoms with E-state index < -0.39 is 54.7 Å². The van der Waals surface area contributed by atoms with E-state index in [1.54, 1.807) is 20.8 Å². The summed E-state index contributed by atoms with van der Waals surface area (Å²) in [5, 5.41) is 24.4. The molecule has 1 aliphatic carbocycles. The van der Waals surface area contributed by atoms with Gasteiger partial charge in [-0.2, -0.15) is 0 Å². The molecular formula is C23H33N3O8. The Kier molecular flexibility index (Phi) is 9.25. The van der Waals surface area contributed by atoms with Gasteiger partial charge in [-0.1, -0.05) is 12.1 Å². The number of phenolic OH excluding ortho intramolecular Hbond substituents is 1. The van der Waals surface area contributed by atoms with Crippen molar-refractivity contribution >= 4 is 23.9 Å². The quantitative estimate of drug-likeness (QED) is 0.382. The van der Waals surface area contributed by atoms with Crippen LogP contribution in [0.15, 0.2) is 24.3 Å². The number of hydrogen-bond donors (Lipinski definition) is 4. The molecule has 1 saturated carbocycles. The summed E-state index contributed by atoms with van der Waals surface area (Å²) in [4.78, 5) is 51.9. The van der Waals surface area contributed by atoms with Crippen molar-refractivity contribution in [1.82, 2.24) is 15.5 Å². The molecule has 0 aromatic heterocycles. The Labute approximate surface area is 198 Å². The first-order chi connectivity index (χ1) is 16.0. The molecule has 11 heteroatoms. The maximum Gasteiger partial charge on any atom is 0.408 e. The van der Waals surface area contributed by atoms with Gasteiger partial charge in [-0.25, -0.2) is 4.79 Å². The smallest absolute Gasteiger partial charge is 0.408 e. The van der Waals surface area contributed by atoms with Crippen LogP contribution in [-0.4, -0.2) is 76.9 Å². The van der Waals surface area contributed by atoms with Crippen LogP contribution in [-0.2, 0) is 23.9 Å². The Balaban J connectivity index is 2.39. The summed E-state index contributed by atoms with van der Waals surface area (Å²) in [6, 6.07) is 2.87. The predicted octanol–water partition coefficient (Wildman–Crippen LogP) is 0.989. The van der Waals surface area contributed by atoms with Gasteiger partial charge in [0.15, 0.2) is 0 Å². The van der Waals surface area contributed by atoms with Gasteiger partial charge in [0.2, 0.25) is 11.8 Å². The number of esters is 1. The first-order valence-corrected chi connectivity index (χ1v) is 11.0. The third-order valence-electron chi connectivity index (χ3n) is 5.26. The lowest BCUT2D eigenvalue weighted by Gasteiger charge is -2.43. The predicted molar refractivity (Wildman–Crippen MR) is 121 cm³/mol. The number of alkyl carbamates (subject to hydrolysis) is 1. The van der Waals surface area contributed by atoms with Gasteiger partial charge in [0, 0.05) is 6.04 Å². The van der Waals surface area contributed by atoms with Gasteiger partial charge in [0.1, 0.15) is 30.0 Å². The molecule has 0 saturated heterocycles. The molecule has 1 aromatic rings. The Morgan fingerprint density at radius 1 is 1.15 bits per heavy atom. The van der Waals surface area contributed by atoms with Gasteiger partial charge >= 0.3 is 12.1 Å². The second-order valence-electron chi connectivity index (χ2n) is 9.00. The number of nitrogens with one attached hydrogen (secondary N) is 2. The Bertz CT molecular complexity index is 877. The molecule has 3 amide bonds. The average molecular weight is 480 g/mol. The normalized spacial score (nSPS) is 15.3. The molecule has 34 heavy (non-hydrogen) atoms. The lowest BCUT2D eigenvalue weighted by atomic mass is 9.88. The molecule has 188 valence electrons. The lowest BCUT2D eigenvalue weighted by Crippen LogP contribution is -2.58. The topological polar surface area (TPSA) is 154 Å². The number of ether oxygens (including phenoxy) is 2. The summed E-state index contributed by atoms with van der Waals surface area (Å²) in [6.07, 6.45) is 1.19. The van der Waals surface area contributed by atoms with Crippen molar-refractivity contribution < 1.29 is 38.9 Å². The number of carbonyl (C=O) groups excluding carboxylic acids is 4. The second kappa shape index (κ2) is 11.7. The summed E-state index contributed by atoms with van der Waals surface area (Å²) in [5.74, 6) is -2.02. The zero-order chi connectivity index (χ0) is 25.5. The molecule has 2 rings (SSSR count). The van der Waals surface area contributed by atoms with Crippen LogP contribution in [0.5, 0.6) is 5.75 Å². The van der Waals surface area contributed by atoms with Crippen LogP contribution in [0, 0.1) is 0 Å². The number of aliphatic hydroxyl groups excluding tert-OH is 1. The molecule has 11 nitrogen and oxygen atoms in total. The lowest BCUT2D eigenvalue weighted by molar-refractivity contribution is -0.149. The number of hydrogen-bond acceptors (Lipinski definition) is 8. The van der Waals surface area contributed by atoms with E-state index in [9.17, 15) is 29.4 Å². The van der Waals surface area contributed by atoms with E-state index in [0.29, 0.717) is 18.4 Å². The van der Waals surface area contributed by atoms with Crippen molar-refractivity contribution in [2.75, 3.05) is 20.3 Å². The van der Waals surface area contributed by atoms with Crippen LogP contribution in [0.25, 0.3) is 0 Å². The molecule has 0 heterocycles. The van der Waals surface area contributed by atoms with Gasteiger partial charge in [0.05, 0.1) is 13.7 Å². The molecule has 4 N–H and O–H groups in total. The largest absolute Gasteiger partial charge is 0.508 e. The van der Waals surface area contributed by atoms with Gasteiger partial charge < -0.3 is 35.2 Å². The highest BCUT2D eigenvalue weighted by Gasteiger charge is 2.42. The van der Waals surface area contributed by atoms with Crippen LogP contribution >= 0.6 is 0 Å². The SMILES string of the molecule is COC(=O)CNC(=O)C(c1ccc(O)cc1)N(C(=O)C(CO)NC(=O)OC(C)(C)C)C1CCC1. The highest BCUT2D eigenvalue weighted by Crippen LogP contribution is 2.34. The van der Waals surface area contributed by atoms with Crippen LogP contribution in [0.4, 0.5) is 4.79 Å². The molecule has 0 bridgehead atoms. The average Bonchev–Trinajstić information content (AvgIpc) is 2.73. The zero-order valence-electron chi connectivity index (χ0n) is 19.9. The van der Waals surface area contributed by atoms with Crippen molar-refractivity contribution in [3.63, 3.8) is 0 Å². The molecule has 1 fully saturated rings. The van der Waals surface area contributed by atoms with Gasteiger partial charge in [-0.05, 0) is 57.7 Å². The van der Waals surface area contributed by atoms with Crippen molar-refractivity contribution in [2.45, 2.75) is 63.8 Å². The van der Waals surface area contributed by atoms with E-state index in [1.165, 1.54) is 36.3 Å². The van der Waals surface area contributed by atoms with E-state index in [2.05, 4.69) is 15.4 Å². The molecule has 1 aromatic carbocycles. The first-order valence-electron chi connectivity index (χ1n) is 11.0. The number of aliphatic hydroxyl groups is 1. The number of nitrogens with zero attached hydrogens (tertiary/aromatic N) is 1. The minimum Gasteiger partial charge on any atom is -0.508 e. The molecule has 1 aliphatic rings. The van der Waals surface area contributed by atoms with Crippen LogP contribution in [0.2, 0.25) is 0 Å². The fourth-order valence-electron chi connectivity index (χ4n) is 3.42. The van der Waals surface area contributed by atoms with Crippen LogP contribution in [0.3, 0.4) is 0 Å². The molecule has 0 spiro atoms. The van der Waals surface area contributed by atoms with E-state index in [4.69, 9.17) is 4.74 Å². The summed E-state index contributed by atoms with van der Waals surface area (Å²) < 4.78 is 9.76. The number of aromatic hydroxyl groups is 1. The van der Waals surface area contributed by atoms with Crippen LogP contribution < -0.4 is 10.6 Å². The fourth-order valence-corrected chi connectivity index (χ4v) is 3.42. The fraction of sp³-hybridized carbons (Fsp3) is 0.565. The Hall–Kier alpha value is -3.34. The maximum absolute atomic E-state index is 13.6. The Morgan fingerprint density at radius 2 is 1.76 bits per heavy atom. The monoisotopic (exact) mass is 479 g/mol. The summed E-state index contributed by atoms with van der Waals surface area (Å²) in [5.41, 5.74) is -0.433. The number of benzene rings is 1. The summed E-state index contributed by atoms with van der Waals surface area (Å²) in [6.45, 7) is 3.87. The highest BCUT2D eigenvalue weighted by atomic mass is 16.6. The highest BCUT2D eigenvalue weighted by molar-refractivity contribution is 5.93. The Morgan fingerprint density at radius 3 is 2.24 bits per heavy atom. The van der Waals surface area contributed by atoms with E-state index >= 15 is 0 Å². The molecule has 0 aliphatic heterocycles. The third-order valence-corrected chi connectivity index (χ3v) is 5.26. The van der Waals surface area contributed by atoms with E-state index in [1.807, 2.05) is 0 Å². The third kappa shape index (κ3) is 7.34. The van der Waals surface area contributed by atoms with Gasteiger partial charge in [0.25, 0.3) is 0 Å². The van der Waals surface area contributed by atoms with Crippen molar-refractivity contribution in [3.8, 4) is 5.75 Å². The number of methoxy groups -OCH3 is 1. The zero-order valence-corrected chi connectivity index (χ0v) is 19.9. The standard InChI is InChI=1S/C23H33N3O8/c1-23(2,3)34-22(32)25-17(13-27)21(31)26(15-6-5-7-15)19(14-8-10-16(28)11-9-14)20(30)24-12-18(29)33-4/h8-11,15,17,19,27-28H,5-7,12-13H2,1-4H3,(H,24,30)(H,25,32). The molecular weight excluding hydrogens is 446 g/mol. The second-order valence-corrected chi connectivity index (χ2v) is 9.00. The summed E-state index contributed by atoms with van der Waals surface area (Å²) in [7, 11) is 1.18. The minimum absolute atomic E-state index is 0.0289. The molecule has 2 atom stereocenters. The van der Waals surface area contributed by atoms with Crippen LogP contribution in [0.1, 0.15) is 51.6 Å². The molecule has 2 unspecified atom stereocenters. The molecule has 0 radical (unpaired) electrons. The van der Waals surface area contributed by atoms with E-state index in [0.717, 1.165) is 6.42 Å². The summed E-state index contributed by atoms with van der Waals surface area (Å²) >= 11 is 0. The van der Waals surface area contributed by atoms with Crippen molar-refractivity contribution in [1.29, 1.82) is 0 Å².